The van der Waals surface area contributed by atoms with E-state index in [1.165, 1.54) is 12.1 Å². The lowest BCUT2D eigenvalue weighted by atomic mass is 10.2. The summed E-state index contributed by atoms with van der Waals surface area (Å²) >= 11 is 0. The number of para-hydroxylation sites is 1. The van der Waals surface area contributed by atoms with Gasteiger partial charge in [0.2, 0.25) is 0 Å². The van der Waals surface area contributed by atoms with Gasteiger partial charge in [0, 0.05) is 5.69 Å². The largest absolute Gasteiger partial charge is 0.354 e. The van der Waals surface area contributed by atoms with Gasteiger partial charge in [0.25, 0.3) is 10.1 Å². The van der Waals surface area contributed by atoms with Gasteiger partial charge in [-0.3, -0.25) is 4.55 Å². The third-order valence-electron chi connectivity index (χ3n) is 2.31. The van der Waals surface area contributed by atoms with Crippen LogP contribution in [0.1, 0.15) is 0 Å². The van der Waals surface area contributed by atoms with E-state index in [1.807, 2.05) is 6.07 Å². The molecule has 0 fully saturated rings. The van der Waals surface area contributed by atoms with Crippen LogP contribution in [-0.2, 0) is 10.1 Å². The van der Waals surface area contributed by atoms with E-state index in [0.717, 1.165) is 6.07 Å². The normalized spacial score (nSPS) is 11.2. The average Bonchev–Trinajstić information content (AvgIpc) is 2.31. The molecule has 2 aromatic carbocycles. The summed E-state index contributed by atoms with van der Waals surface area (Å²) in [5, 5.41) is 2.88. The Morgan fingerprint density at radius 2 is 1.72 bits per heavy atom. The van der Waals surface area contributed by atoms with Gasteiger partial charge in [0.15, 0.2) is 0 Å². The van der Waals surface area contributed by atoms with E-state index >= 15 is 0 Å². The minimum atomic E-state index is -4.36. The molecular weight excluding hydrogens is 252 g/mol. The fourth-order valence-electron chi connectivity index (χ4n) is 1.52. The molecule has 0 aliphatic carbocycles. The molecule has 5 nitrogen and oxygen atoms in total. The van der Waals surface area contributed by atoms with E-state index in [4.69, 9.17) is 10.3 Å². The monoisotopic (exact) mass is 263 g/mol. The first-order valence-electron chi connectivity index (χ1n) is 5.12. The van der Waals surface area contributed by atoms with Gasteiger partial charge in [-0.25, -0.2) is 0 Å². The van der Waals surface area contributed by atoms with Gasteiger partial charge in [-0.2, -0.15) is 8.42 Å². The zero-order chi connectivity index (χ0) is 13.2. The van der Waals surface area contributed by atoms with Crippen molar-refractivity contribution >= 4 is 27.2 Å². The van der Waals surface area contributed by atoms with E-state index in [-0.39, 0.29) is 16.3 Å². The molecule has 2 aromatic rings. The van der Waals surface area contributed by atoms with Crippen molar-refractivity contribution in [2.45, 2.75) is 4.90 Å². The van der Waals surface area contributed by atoms with Crippen LogP contribution in [0.3, 0.4) is 0 Å². The predicted octanol–water partition coefficient (Wildman–Crippen LogP) is 2.59. The van der Waals surface area contributed by atoms with Crippen molar-refractivity contribution in [1.29, 1.82) is 0 Å². The van der Waals surface area contributed by atoms with E-state index in [9.17, 15) is 8.42 Å². The molecule has 93 valence electrons. The Labute approximate surface area is 105 Å². The summed E-state index contributed by atoms with van der Waals surface area (Å²) in [6.07, 6.45) is 0. The lowest BCUT2D eigenvalue weighted by Gasteiger charge is -2.10. The standard InChI is InChI=1S/C12H11N2O3S/c13-9-6-7-11(12(8-9)18(15,16)17)14-10-4-2-1-3-5-10/h1-8,13-14H,(H,15,16,17). The second-order valence-electron chi connectivity index (χ2n) is 3.68. The second kappa shape index (κ2) is 4.67. The molecule has 0 amide bonds. The minimum Gasteiger partial charge on any atom is -0.354 e. The molecule has 0 atom stereocenters. The Bertz CT molecular complexity index is 654. The van der Waals surface area contributed by atoms with E-state index in [1.54, 1.807) is 24.3 Å². The van der Waals surface area contributed by atoms with Crippen LogP contribution in [0.25, 0.3) is 0 Å². The van der Waals surface area contributed by atoms with Crippen LogP contribution >= 0.6 is 0 Å². The summed E-state index contributed by atoms with van der Waals surface area (Å²) in [6, 6.07) is 13.0. The summed E-state index contributed by atoms with van der Waals surface area (Å²) in [5.41, 5.74) is 8.33. The molecule has 0 aromatic heterocycles. The molecule has 0 unspecified atom stereocenters. The maximum Gasteiger partial charge on any atom is 0.296 e. The molecule has 0 saturated heterocycles. The maximum absolute atomic E-state index is 11.2. The number of hydrogen-bond acceptors (Lipinski definition) is 3. The van der Waals surface area contributed by atoms with Crippen LogP contribution in [0.2, 0.25) is 0 Å². The molecule has 0 saturated carbocycles. The number of rotatable bonds is 3. The van der Waals surface area contributed by atoms with Crippen molar-refractivity contribution in [2.24, 2.45) is 0 Å². The number of hydrogen-bond donors (Lipinski definition) is 2. The first-order valence-corrected chi connectivity index (χ1v) is 6.56. The molecule has 1 radical (unpaired) electrons. The van der Waals surface area contributed by atoms with Gasteiger partial charge in [-0.15, -0.1) is 0 Å². The third-order valence-corrected chi connectivity index (χ3v) is 3.21. The number of nitrogens with one attached hydrogen (secondary N) is 2. The molecule has 3 N–H and O–H groups in total. The summed E-state index contributed by atoms with van der Waals surface area (Å²) in [4.78, 5) is -0.307. The molecule has 6 heteroatoms. The number of benzene rings is 2. The van der Waals surface area contributed by atoms with E-state index < -0.39 is 10.1 Å². The molecule has 2 rings (SSSR count). The lowest BCUT2D eigenvalue weighted by Crippen LogP contribution is -2.03. The summed E-state index contributed by atoms with van der Waals surface area (Å²) in [6.45, 7) is 0. The van der Waals surface area contributed by atoms with Crippen LogP contribution in [-0.4, -0.2) is 13.0 Å². The van der Waals surface area contributed by atoms with E-state index in [2.05, 4.69) is 5.32 Å². The molecule has 0 bridgehead atoms. The highest BCUT2D eigenvalue weighted by molar-refractivity contribution is 7.86. The predicted molar refractivity (Wildman–Crippen MR) is 68.7 cm³/mol. The maximum atomic E-state index is 11.2. The third kappa shape index (κ3) is 2.79. The Balaban J connectivity index is 2.46. The molecular formula is C12H11N2O3S. The highest BCUT2D eigenvalue weighted by Crippen LogP contribution is 2.27. The summed E-state index contributed by atoms with van der Waals surface area (Å²) < 4.78 is 31.6. The minimum absolute atomic E-state index is 0.0150. The van der Waals surface area contributed by atoms with Crippen LogP contribution in [0.5, 0.6) is 0 Å². The van der Waals surface area contributed by atoms with E-state index in [0.29, 0.717) is 5.69 Å². The average molecular weight is 263 g/mol. The zero-order valence-electron chi connectivity index (χ0n) is 9.29. The quantitative estimate of drug-likeness (QED) is 0.833. The molecule has 0 spiro atoms. The Morgan fingerprint density at radius 3 is 2.33 bits per heavy atom. The Morgan fingerprint density at radius 1 is 1.06 bits per heavy atom. The van der Waals surface area contributed by atoms with Crippen molar-refractivity contribution < 1.29 is 13.0 Å². The Hall–Kier alpha value is -2.05. The van der Waals surface area contributed by atoms with Crippen LogP contribution in [0.4, 0.5) is 17.1 Å². The molecule has 0 heterocycles. The zero-order valence-corrected chi connectivity index (χ0v) is 10.1. The number of anilines is 2. The van der Waals surface area contributed by atoms with Crippen molar-refractivity contribution in [3.8, 4) is 0 Å². The van der Waals surface area contributed by atoms with Crippen LogP contribution in [0, 0.1) is 0 Å². The summed E-state index contributed by atoms with van der Waals surface area (Å²) in [5.74, 6) is 0. The van der Waals surface area contributed by atoms with Gasteiger partial charge in [0.1, 0.15) is 4.90 Å². The molecule has 0 aliphatic heterocycles. The fraction of sp³-hybridized carbons (Fsp3) is 0. The smallest absolute Gasteiger partial charge is 0.296 e. The van der Waals surface area contributed by atoms with Crippen molar-refractivity contribution in [2.75, 3.05) is 5.32 Å². The SMILES string of the molecule is [NH]c1ccc(Nc2ccccc2)c(S(=O)(=O)O)c1. The lowest BCUT2D eigenvalue weighted by molar-refractivity contribution is 0.483. The van der Waals surface area contributed by atoms with Crippen LogP contribution < -0.4 is 11.1 Å². The van der Waals surface area contributed by atoms with Gasteiger partial charge in [0.05, 0.1) is 11.4 Å². The van der Waals surface area contributed by atoms with Crippen molar-refractivity contribution in [3.63, 3.8) is 0 Å². The van der Waals surface area contributed by atoms with Crippen LogP contribution in [0.15, 0.2) is 53.4 Å². The fourth-order valence-corrected chi connectivity index (χ4v) is 2.19. The molecule has 0 aliphatic rings. The molecule has 18 heavy (non-hydrogen) atoms. The highest BCUT2D eigenvalue weighted by atomic mass is 32.2. The van der Waals surface area contributed by atoms with Gasteiger partial charge in [-0.1, -0.05) is 18.2 Å². The first kappa shape index (κ1) is 12.4. The van der Waals surface area contributed by atoms with Crippen molar-refractivity contribution in [3.05, 3.63) is 48.5 Å². The topological polar surface area (TPSA) is 90.2 Å². The first-order chi connectivity index (χ1) is 8.47. The summed E-state index contributed by atoms with van der Waals surface area (Å²) in [7, 11) is -4.36. The van der Waals surface area contributed by atoms with Crippen molar-refractivity contribution in [1.82, 2.24) is 5.73 Å². The second-order valence-corrected chi connectivity index (χ2v) is 5.07. The van der Waals surface area contributed by atoms with Gasteiger partial charge >= 0.3 is 0 Å². The highest BCUT2D eigenvalue weighted by Gasteiger charge is 2.16. The Kier molecular flexibility index (Phi) is 3.22. The van der Waals surface area contributed by atoms with Gasteiger partial charge < -0.3 is 11.1 Å². The van der Waals surface area contributed by atoms with Gasteiger partial charge in [-0.05, 0) is 30.3 Å².